The van der Waals surface area contributed by atoms with Crippen LogP contribution in [0.4, 0.5) is 17.1 Å². The minimum absolute atomic E-state index is 0.902. The van der Waals surface area contributed by atoms with Crippen molar-refractivity contribution in [1.82, 2.24) is 0 Å². The van der Waals surface area contributed by atoms with Gasteiger partial charge in [-0.15, -0.1) is 11.3 Å². The summed E-state index contributed by atoms with van der Waals surface area (Å²) in [5, 5.41) is 7.36. The van der Waals surface area contributed by atoms with E-state index in [1.54, 1.807) is 0 Å². The van der Waals surface area contributed by atoms with Gasteiger partial charge in [0.15, 0.2) is 0 Å². The van der Waals surface area contributed by atoms with Crippen LogP contribution in [-0.4, -0.2) is 0 Å². The van der Waals surface area contributed by atoms with Crippen molar-refractivity contribution in [2.24, 2.45) is 0 Å². The first-order valence-electron chi connectivity index (χ1n) is 18.7. The van der Waals surface area contributed by atoms with Gasteiger partial charge in [-0.25, -0.2) is 0 Å². The van der Waals surface area contributed by atoms with Crippen LogP contribution in [-0.2, 0) is 0 Å². The van der Waals surface area contributed by atoms with Gasteiger partial charge in [0.25, 0.3) is 0 Å². The van der Waals surface area contributed by atoms with E-state index in [1.165, 1.54) is 53.2 Å². The van der Waals surface area contributed by atoms with Gasteiger partial charge in [-0.1, -0.05) is 146 Å². The Hall–Kier alpha value is -6.94. The fourth-order valence-corrected chi connectivity index (χ4v) is 9.53. The maximum absolute atomic E-state index is 6.26. The molecule has 0 aliphatic carbocycles. The number of furan rings is 1. The van der Waals surface area contributed by atoms with Crippen LogP contribution in [0, 0.1) is 0 Å². The average molecular weight is 720 g/mol. The summed E-state index contributed by atoms with van der Waals surface area (Å²) < 4.78 is 8.88. The number of fused-ring (bicyclic) bond motifs is 7. The lowest BCUT2D eigenvalue weighted by Gasteiger charge is -2.28. The fraction of sp³-hybridized carbons (Fsp3) is 0. The molecule has 0 saturated carbocycles. The van der Waals surface area contributed by atoms with E-state index in [0.717, 1.165) is 50.1 Å². The number of anilines is 3. The number of benzene rings is 9. The van der Waals surface area contributed by atoms with Crippen LogP contribution in [0.3, 0.4) is 0 Å². The lowest BCUT2D eigenvalue weighted by Crippen LogP contribution is -2.11. The molecule has 2 aromatic heterocycles. The zero-order valence-electron chi connectivity index (χ0n) is 29.8. The first kappa shape index (κ1) is 31.6. The molecule has 0 aliphatic heterocycles. The van der Waals surface area contributed by atoms with Crippen LogP contribution in [0.15, 0.2) is 205 Å². The number of para-hydroxylation sites is 2. The van der Waals surface area contributed by atoms with Crippen molar-refractivity contribution in [2.75, 3.05) is 4.90 Å². The van der Waals surface area contributed by atoms with E-state index >= 15 is 0 Å². The molecule has 2 heterocycles. The number of hydrogen-bond acceptors (Lipinski definition) is 3. The average Bonchev–Trinajstić information content (AvgIpc) is 3.83. The number of nitrogens with zero attached hydrogens (tertiary/aromatic N) is 1. The van der Waals surface area contributed by atoms with Gasteiger partial charge in [-0.2, -0.15) is 0 Å². The number of thiophene rings is 1. The first-order valence-corrected chi connectivity index (χ1v) is 19.5. The van der Waals surface area contributed by atoms with Crippen molar-refractivity contribution in [2.45, 2.75) is 0 Å². The molecular weight excluding hydrogens is 687 g/mol. The van der Waals surface area contributed by atoms with Crippen molar-refractivity contribution in [3.63, 3.8) is 0 Å². The molecule has 0 aliphatic rings. The first-order chi connectivity index (χ1) is 27.3. The van der Waals surface area contributed by atoms with E-state index in [4.69, 9.17) is 4.42 Å². The van der Waals surface area contributed by atoms with Crippen LogP contribution in [0.2, 0.25) is 0 Å². The van der Waals surface area contributed by atoms with Gasteiger partial charge in [0, 0.05) is 47.9 Å². The van der Waals surface area contributed by atoms with Crippen molar-refractivity contribution >= 4 is 81.3 Å². The predicted octanol–water partition coefficient (Wildman–Crippen LogP) is 15.6. The minimum Gasteiger partial charge on any atom is -0.456 e. The maximum Gasteiger partial charge on any atom is 0.136 e. The highest BCUT2D eigenvalue weighted by molar-refractivity contribution is 7.26. The second-order valence-electron chi connectivity index (χ2n) is 14.1. The van der Waals surface area contributed by atoms with Crippen molar-refractivity contribution in [3.8, 4) is 33.4 Å². The van der Waals surface area contributed by atoms with Crippen LogP contribution in [0.25, 0.3) is 86.3 Å². The van der Waals surface area contributed by atoms with Crippen LogP contribution in [0.1, 0.15) is 0 Å². The van der Waals surface area contributed by atoms with Crippen LogP contribution >= 0.6 is 11.3 Å². The van der Waals surface area contributed by atoms with Gasteiger partial charge >= 0.3 is 0 Å². The molecule has 0 fully saturated rings. The highest BCUT2D eigenvalue weighted by Gasteiger charge is 2.20. The van der Waals surface area contributed by atoms with E-state index in [2.05, 4.69) is 193 Å². The van der Waals surface area contributed by atoms with Crippen molar-refractivity contribution < 1.29 is 4.42 Å². The normalized spacial score (nSPS) is 11.6. The highest BCUT2D eigenvalue weighted by atomic mass is 32.1. The molecule has 0 amide bonds. The molecule has 3 heteroatoms. The highest BCUT2D eigenvalue weighted by Crippen LogP contribution is 2.45. The fourth-order valence-electron chi connectivity index (χ4n) is 8.29. The van der Waals surface area contributed by atoms with Crippen molar-refractivity contribution in [1.29, 1.82) is 0 Å². The zero-order chi connectivity index (χ0) is 36.3. The Bertz CT molecular complexity index is 3220. The van der Waals surface area contributed by atoms with E-state index in [1.807, 2.05) is 23.5 Å². The molecule has 0 N–H and O–H groups in total. The van der Waals surface area contributed by atoms with Crippen LogP contribution in [0.5, 0.6) is 0 Å². The van der Waals surface area contributed by atoms with E-state index < -0.39 is 0 Å². The Morgan fingerprint density at radius 1 is 0.382 bits per heavy atom. The smallest absolute Gasteiger partial charge is 0.136 e. The lowest BCUT2D eigenvalue weighted by atomic mass is 9.97. The summed E-state index contributed by atoms with van der Waals surface area (Å²) in [5.41, 5.74) is 12.2. The summed E-state index contributed by atoms with van der Waals surface area (Å²) in [7, 11) is 0. The summed E-state index contributed by atoms with van der Waals surface area (Å²) in [6.45, 7) is 0. The summed E-state index contributed by atoms with van der Waals surface area (Å²) in [6.07, 6.45) is 0. The number of rotatable bonds is 6. The summed E-state index contributed by atoms with van der Waals surface area (Å²) >= 11 is 1.87. The molecule has 0 spiro atoms. The molecule has 0 atom stereocenters. The van der Waals surface area contributed by atoms with Gasteiger partial charge in [-0.05, 0) is 93.2 Å². The summed E-state index contributed by atoms with van der Waals surface area (Å²) in [5.74, 6) is 0. The Balaban J connectivity index is 1.09. The molecular formula is C52H33NOS. The third-order valence-electron chi connectivity index (χ3n) is 10.9. The third-order valence-corrected chi connectivity index (χ3v) is 12.1. The second kappa shape index (κ2) is 12.9. The van der Waals surface area contributed by atoms with E-state index in [-0.39, 0.29) is 0 Å². The molecule has 11 rings (SSSR count). The van der Waals surface area contributed by atoms with Gasteiger partial charge in [-0.3, -0.25) is 0 Å². The van der Waals surface area contributed by atoms with Gasteiger partial charge < -0.3 is 9.32 Å². The summed E-state index contributed by atoms with van der Waals surface area (Å²) in [6, 6.07) is 72.3. The maximum atomic E-state index is 6.26. The summed E-state index contributed by atoms with van der Waals surface area (Å²) in [4.78, 5) is 2.41. The molecule has 0 radical (unpaired) electrons. The molecule has 258 valence electrons. The molecule has 0 bridgehead atoms. The predicted molar refractivity (Wildman–Crippen MR) is 235 cm³/mol. The van der Waals surface area contributed by atoms with E-state index in [9.17, 15) is 0 Å². The molecule has 0 saturated heterocycles. The third kappa shape index (κ3) is 5.32. The molecule has 9 aromatic carbocycles. The topological polar surface area (TPSA) is 16.4 Å². The van der Waals surface area contributed by atoms with E-state index in [0.29, 0.717) is 0 Å². The second-order valence-corrected chi connectivity index (χ2v) is 15.1. The Labute approximate surface area is 322 Å². The van der Waals surface area contributed by atoms with Crippen LogP contribution < -0.4 is 4.90 Å². The standard InChI is InChI=1S/C52H33NOS/c1-2-13-36-32-38(27-26-34(36)12-1)41-16-3-6-22-47(41)53(39-30-28-35(29-31-39)42-19-11-24-49-51(42)46-18-4-7-23-48(46)54-49)40-15-9-14-37(33-40)43-20-10-21-45-44-17-5-8-25-50(44)55-52(43)45/h1-33H. The van der Waals surface area contributed by atoms with Gasteiger partial charge in [0.2, 0.25) is 0 Å². The molecule has 55 heavy (non-hydrogen) atoms. The monoisotopic (exact) mass is 719 g/mol. The molecule has 0 unspecified atom stereocenters. The zero-order valence-corrected chi connectivity index (χ0v) is 30.6. The minimum atomic E-state index is 0.902. The Kier molecular flexibility index (Phi) is 7.39. The van der Waals surface area contributed by atoms with Crippen molar-refractivity contribution in [3.05, 3.63) is 200 Å². The van der Waals surface area contributed by atoms with Gasteiger partial charge in [0.05, 0.1) is 5.69 Å². The lowest BCUT2D eigenvalue weighted by molar-refractivity contribution is 0.669. The SMILES string of the molecule is c1cc(-c2cccc3c2sc2ccccc23)cc(N(c2ccc(-c3cccc4oc5ccccc5c34)cc2)c2ccccc2-c2ccc3ccccc3c2)c1. The Morgan fingerprint density at radius 3 is 1.96 bits per heavy atom. The number of hydrogen-bond donors (Lipinski definition) is 0. The van der Waals surface area contributed by atoms with Gasteiger partial charge in [0.1, 0.15) is 11.2 Å². The largest absolute Gasteiger partial charge is 0.456 e. The Morgan fingerprint density at radius 2 is 1.04 bits per heavy atom. The molecule has 2 nitrogen and oxygen atoms in total. The quantitative estimate of drug-likeness (QED) is 0.170. The molecule has 11 aromatic rings.